The van der Waals surface area contributed by atoms with Gasteiger partial charge in [-0.25, -0.2) is 9.29 Å². The van der Waals surface area contributed by atoms with Gasteiger partial charge < -0.3 is 46.0 Å². The van der Waals surface area contributed by atoms with Crippen LogP contribution in [0.25, 0.3) is 0 Å². The fraction of sp³-hybridized carbons (Fsp3) is 0.448. The Bertz CT molecular complexity index is 1310. The van der Waals surface area contributed by atoms with Gasteiger partial charge in [-0.2, -0.15) is 0 Å². The number of hydrogen-bond donors (Lipinski definition) is 9. The Morgan fingerprint density at radius 1 is 1.12 bits per heavy atom. The number of nitrogens with zero attached hydrogens (tertiary/aromatic N) is 1. The van der Waals surface area contributed by atoms with Crippen LogP contribution >= 0.6 is 0 Å². The van der Waals surface area contributed by atoms with Gasteiger partial charge in [-0.05, 0) is 44.9 Å². The van der Waals surface area contributed by atoms with E-state index in [9.17, 15) is 40.2 Å². The van der Waals surface area contributed by atoms with E-state index in [1.54, 1.807) is 13.8 Å². The van der Waals surface area contributed by atoms with Crippen LogP contribution in [0.3, 0.4) is 0 Å². The predicted molar refractivity (Wildman–Crippen MR) is 152 cm³/mol. The first-order valence-electron chi connectivity index (χ1n) is 13.6. The highest BCUT2D eigenvalue weighted by atomic mass is 19.1. The van der Waals surface area contributed by atoms with Gasteiger partial charge in [-0.1, -0.05) is 24.3 Å². The maximum absolute atomic E-state index is 15.4. The number of aldehydes is 1. The molecule has 2 aromatic rings. The standard InChI is InChI=1S/C29H39FN4O9/c1-5-6-9-24(26(36)31-4)33-28(39,40)25-19(16-35)8-7-10-23(25)32-27(37,38)21-12-11-20(13-22(21)30)29(41,42)34-14-17(2)43-18(3)15-34/h5,7-8,10-13,16-18,24,32-33,37-42H,1,6,9,14-15H2,2-4H3,(H,31,36). The van der Waals surface area contributed by atoms with Crippen molar-refractivity contribution >= 4 is 17.9 Å². The number of hydrogen-bond acceptors (Lipinski definition) is 12. The van der Waals surface area contributed by atoms with Crippen LogP contribution < -0.4 is 16.0 Å². The Morgan fingerprint density at radius 2 is 1.77 bits per heavy atom. The van der Waals surface area contributed by atoms with E-state index in [0.29, 0.717) is 6.42 Å². The lowest BCUT2D eigenvalue weighted by Gasteiger charge is -2.42. The Hall–Kier alpha value is -3.31. The van der Waals surface area contributed by atoms with Crippen molar-refractivity contribution in [1.82, 2.24) is 15.5 Å². The molecule has 3 unspecified atom stereocenters. The van der Waals surface area contributed by atoms with Crippen LogP contribution in [0.5, 0.6) is 0 Å². The van der Waals surface area contributed by atoms with Gasteiger partial charge in [0.1, 0.15) is 5.82 Å². The lowest BCUT2D eigenvalue weighted by atomic mass is 9.99. The molecule has 9 N–H and O–H groups in total. The maximum Gasteiger partial charge on any atom is 0.275 e. The number of halogens is 1. The zero-order valence-corrected chi connectivity index (χ0v) is 24.1. The molecule has 1 amide bonds. The lowest BCUT2D eigenvalue weighted by molar-refractivity contribution is -0.298. The second-order valence-corrected chi connectivity index (χ2v) is 10.5. The highest BCUT2D eigenvalue weighted by molar-refractivity contribution is 5.83. The molecule has 14 heteroatoms. The molecule has 2 aromatic carbocycles. The molecule has 1 fully saturated rings. The second-order valence-electron chi connectivity index (χ2n) is 10.5. The SMILES string of the molecule is C=CCCC(NC(O)(O)c1c(C=O)cccc1NC(O)(O)c1ccc(C(O)(O)N2CC(C)OC(C)C2)cc1F)C(=O)NC. The number of benzene rings is 2. The van der Waals surface area contributed by atoms with Crippen molar-refractivity contribution in [3.63, 3.8) is 0 Å². The molecular formula is C29H39FN4O9. The summed E-state index contributed by atoms with van der Waals surface area (Å²) in [5.41, 5.74) is -2.34. The van der Waals surface area contributed by atoms with Crippen LogP contribution in [0.1, 0.15) is 53.7 Å². The predicted octanol–water partition coefficient (Wildman–Crippen LogP) is -0.185. The third-order valence-corrected chi connectivity index (χ3v) is 7.07. The van der Waals surface area contributed by atoms with Gasteiger partial charge in [0.25, 0.3) is 17.7 Å². The van der Waals surface area contributed by atoms with E-state index < -0.39 is 52.3 Å². The molecule has 43 heavy (non-hydrogen) atoms. The Balaban J connectivity index is 1.96. The minimum absolute atomic E-state index is 0.0963. The van der Waals surface area contributed by atoms with Crippen LogP contribution in [0.4, 0.5) is 10.1 Å². The molecular weight excluding hydrogens is 567 g/mol. The fourth-order valence-electron chi connectivity index (χ4n) is 5.08. The third kappa shape index (κ3) is 7.80. The Labute approximate surface area is 248 Å². The topological polar surface area (TPSA) is 204 Å². The quantitative estimate of drug-likeness (QED) is 0.0828. The van der Waals surface area contributed by atoms with Gasteiger partial charge in [0.05, 0.1) is 29.4 Å². The molecule has 0 bridgehead atoms. The molecule has 1 saturated heterocycles. The van der Waals surface area contributed by atoms with Crippen LogP contribution in [0.2, 0.25) is 0 Å². The van der Waals surface area contributed by atoms with Gasteiger partial charge in [-0.3, -0.25) is 14.9 Å². The van der Waals surface area contributed by atoms with Crippen molar-refractivity contribution in [3.8, 4) is 0 Å². The highest BCUT2D eigenvalue weighted by Crippen LogP contribution is 2.34. The zero-order valence-electron chi connectivity index (χ0n) is 24.1. The smallest absolute Gasteiger partial charge is 0.275 e. The number of likely N-dealkylation sites (N-methyl/N-ethyl adjacent to an activating group) is 1. The number of morpholine rings is 1. The molecule has 0 aromatic heterocycles. The average molecular weight is 607 g/mol. The monoisotopic (exact) mass is 606 g/mol. The van der Waals surface area contributed by atoms with Crippen molar-refractivity contribution in [2.75, 3.05) is 25.5 Å². The van der Waals surface area contributed by atoms with E-state index in [1.165, 1.54) is 36.2 Å². The van der Waals surface area contributed by atoms with Crippen molar-refractivity contribution in [3.05, 3.63) is 77.1 Å². The van der Waals surface area contributed by atoms with Crippen LogP contribution in [-0.2, 0) is 27.3 Å². The number of rotatable bonds is 13. The van der Waals surface area contributed by atoms with Crippen molar-refractivity contribution in [2.24, 2.45) is 0 Å². The van der Waals surface area contributed by atoms with Crippen LogP contribution in [0, 0.1) is 5.82 Å². The van der Waals surface area contributed by atoms with Gasteiger partial charge in [0.15, 0.2) is 6.29 Å². The average Bonchev–Trinajstić information content (AvgIpc) is 2.93. The molecule has 1 heterocycles. The molecule has 13 nitrogen and oxygen atoms in total. The second kappa shape index (κ2) is 13.5. The van der Waals surface area contributed by atoms with Gasteiger partial charge in [0, 0.05) is 37.0 Å². The number of allylic oxidation sites excluding steroid dienone is 1. The number of ether oxygens (including phenoxy) is 1. The number of anilines is 1. The van der Waals surface area contributed by atoms with E-state index in [-0.39, 0.29) is 49.1 Å². The highest BCUT2D eigenvalue weighted by Gasteiger charge is 2.41. The first-order chi connectivity index (χ1) is 20.1. The summed E-state index contributed by atoms with van der Waals surface area (Å²) in [6.45, 7) is 7.34. The largest absolute Gasteiger partial charge is 0.373 e. The Kier molecular flexibility index (Phi) is 10.8. The summed E-state index contributed by atoms with van der Waals surface area (Å²) < 4.78 is 21.0. The Morgan fingerprint density at radius 3 is 2.33 bits per heavy atom. The molecule has 3 atom stereocenters. The lowest BCUT2D eigenvalue weighted by Crippen LogP contribution is -2.55. The molecule has 0 saturated carbocycles. The minimum atomic E-state index is -3.21. The normalized spacial score (nSPS) is 19.0. The van der Waals surface area contributed by atoms with Crippen LogP contribution in [0.15, 0.2) is 49.1 Å². The van der Waals surface area contributed by atoms with Crippen molar-refractivity contribution < 1.29 is 49.4 Å². The molecule has 1 aliphatic rings. The summed E-state index contributed by atoms with van der Waals surface area (Å²) in [7, 11) is 1.35. The fourth-order valence-corrected chi connectivity index (χ4v) is 5.08. The minimum Gasteiger partial charge on any atom is -0.373 e. The summed E-state index contributed by atoms with van der Waals surface area (Å²) in [5.74, 6) is -10.7. The molecule has 3 rings (SSSR count). The van der Waals surface area contributed by atoms with E-state index in [2.05, 4.69) is 22.5 Å². The molecule has 0 aliphatic carbocycles. The molecule has 1 aliphatic heterocycles. The maximum atomic E-state index is 15.4. The first kappa shape index (κ1) is 34.2. The van der Waals surface area contributed by atoms with Gasteiger partial charge in [-0.15, -0.1) is 6.58 Å². The van der Waals surface area contributed by atoms with E-state index in [0.717, 1.165) is 18.2 Å². The number of carbonyl (C=O) groups is 2. The molecule has 0 spiro atoms. The number of amides is 1. The van der Waals surface area contributed by atoms with Crippen molar-refractivity contribution in [1.29, 1.82) is 0 Å². The van der Waals surface area contributed by atoms with Crippen molar-refractivity contribution in [2.45, 2.75) is 62.7 Å². The summed E-state index contributed by atoms with van der Waals surface area (Å²) in [6.07, 6.45) is 1.55. The summed E-state index contributed by atoms with van der Waals surface area (Å²) in [5, 5.41) is 72.6. The van der Waals surface area contributed by atoms with E-state index in [1.807, 2.05) is 0 Å². The van der Waals surface area contributed by atoms with Crippen LogP contribution in [-0.4, -0.2) is 86.1 Å². The molecule has 236 valence electrons. The summed E-state index contributed by atoms with van der Waals surface area (Å²) in [4.78, 5) is 25.5. The van der Waals surface area contributed by atoms with Gasteiger partial charge >= 0.3 is 0 Å². The summed E-state index contributed by atoms with van der Waals surface area (Å²) >= 11 is 0. The van der Waals surface area contributed by atoms with E-state index >= 15 is 4.39 Å². The number of nitrogens with one attached hydrogen (secondary N) is 3. The summed E-state index contributed by atoms with van der Waals surface area (Å²) in [6, 6.07) is 5.25. The first-order valence-corrected chi connectivity index (χ1v) is 13.6. The van der Waals surface area contributed by atoms with E-state index in [4.69, 9.17) is 4.74 Å². The van der Waals surface area contributed by atoms with Gasteiger partial charge in [0.2, 0.25) is 5.91 Å². The zero-order chi connectivity index (χ0) is 32.2. The molecule has 0 radical (unpaired) electrons. The number of carbonyl (C=O) groups excluding carboxylic acids is 2. The third-order valence-electron chi connectivity index (χ3n) is 7.07. The number of aliphatic hydroxyl groups is 6.